The highest BCUT2D eigenvalue weighted by molar-refractivity contribution is 6.30. The van der Waals surface area contributed by atoms with Gasteiger partial charge in [-0.15, -0.1) is 0 Å². The minimum Gasteiger partial charge on any atom is -0.422 e. The molecule has 4 nitrogen and oxygen atoms in total. The summed E-state index contributed by atoms with van der Waals surface area (Å²) in [7, 11) is 0. The monoisotopic (exact) mass is 411 g/mol. The van der Waals surface area contributed by atoms with Crippen LogP contribution in [0.5, 0.6) is 0 Å². The highest BCUT2D eigenvalue weighted by Gasteiger charge is 2.42. The molecule has 0 saturated heterocycles. The van der Waals surface area contributed by atoms with E-state index in [4.69, 9.17) is 16.0 Å². The Morgan fingerprint density at radius 1 is 0.833 bits per heavy atom. The van der Waals surface area contributed by atoms with Gasteiger partial charge >= 0.3 is 5.63 Å². The molecule has 1 unspecified atom stereocenters. The second-order valence-corrected chi connectivity index (χ2v) is 7.88. The van der Waals surface area contributed by atoms with E-state index in [2.05, 4.69) is 5.32 Å². The fourth-order valence-corrected chi connectivity index (χ4v) is 4.66. The largest absolute Gasteiger partial charge is 0.422 e. The van der Waals surface area contributed by atoms with Gasteiger partial charge in [0.15, 0.2) is 5.78 Å². The first-order valence-electron chi connectivity index (χ1n) is 9.60. The molecule has 1 aliphatic heterocycles. The first-order chi connectivity index (χ1) is 14.6. The number of para-hydroxylation sites is 1. The maximum absolute atomic E-state index is 13.4. The summed E-state index contributed by atoms with van der Waals surface area (Å²) in [4.78, 5) is 26.5. The highest BCUT2D eigenvalue weighted by Crippen LogP contribution is 2.49. The van der Waals surface area contributed by atoms with Crippen molar-refractivity contribution in [3.63, 3.8) is 0 Å². The van der Waals surface area contributed by atoms with E-state index in [1.165, 1.54) is 0 Å². The molecular weight excluding hydrogens is 398 g/mol. The number of rotatable bonds is 1. The summed E-state index contributed by atoms with van der Waals surface area (Å²) in [6, 6.07) is 22.2. The number of halogens is 1. The number of fused-ring (bicyclic) bond motifs is 5. The van der Waals surface area contributed by atoms with Crippen molar-refractivity contribution in [1.29, 1.82) is 0 Å². The van der Waals surface area contributed by atoms with Crippen molar-refractivity contribution in [3.05, 3.63) is 116 Å². The zero-order valence-electron chi connectivity index (χ0n) is 15.6. The lowest BCUT2D eigenvalue weighted by Crippen LogP contribution is -2.25. The summed E-state index contributed by atoms with van der Waals surface area (Å²) in [6.45, 7) is 0. The molecule has 1 aliphatic carbocycles. The summed E-state index contributed by atoms with van der Waals surface area (Å²) in [5.74, 6) is -0.625. The molecule has 0 radical (unpaired) electrons. The van der Waals surface area contributed by atoms with Crippen LogP contribution in [0.3, 0.4) is 0 Å². The van der Waals surface area contributed by atoms with E-state index in [9.17, 15) is 9.59 Å². The Hall–Kier alpha value is -3.63. The van der Waals surface area contributed by atoms with Gasteiger partial charge in [-0.05, 0) is 29.8 Å². The van der Waals surface area contributed by atoms with Crippen molar-refractivity contribution in [3.8, 4) is 0 Å². The van der Waals surface area contributed by atoms with Crippen molar-refractivity contribution >= 4 is 39.7 Å². The first-order valence-corrected chi connectivity index (χ1v) is 9.98. The Bertz CT molecular complexity index is 1460. The number of Topliss-reactive ketones (excluding diaryl/α,β-unsaturated/α-hetero) is 1. The quantitative estimate of drug-likeness (QED) is 0.413. The lowest BCUT2D eigenvalue weighted by Gasteiger charge is -2.28. The van der Waals surface area contributed by atoms with E-state index in [1.54, 1.807) is 18.2 Å². The SMILES string of the molecule is O=C1C2=C(Nc3c(c(=O)oc4ccccc34)C2c2ccc(Cl)cc2)c2ccccc21. The normalized spacial score (nSPS) is 16.8. The van der Waals surface area contributed by atoms with Gasteiger partial charge in [-0.1, -0.05) is 60.1 Å². The smallest absolute Gasteiger partial charge is 0.342 e. The van der Waals surface area contributed by atoms with E-state index >= 15 is 0 Å². The highest BCUT2D eigenvalue weighted by atomic mass is 35.5. The van der Waals surface area contributed by atoms with Gasteiger partial charge in [-0.2, -0.15) is 0 Å². The molecule has 2 heterocycles. The first kappa shape index (κ1) is 17.2. The summed E-state index contributed by atoms with van der Waals surface area (Å²) in [5, 5.41) is 4.81. The lowest BCUT2D eigenvalue weighted by molar-refractivity contribution is 0.103. The second kappa shape index (κ2) is 6.18. The lowest BCUT2D eigenvalue weighted by atomic mass is 9.80. The molecule has 6 rings (SSSR count). The van der Waals surface area contributed by atoms with Crippen molar-refractivity contribution in [2.45, 2.75) is 5.92 Å². The number of anilines is 1. The van der Waals surface area contributed by atoms with Gasteiger partial charge < -0.3 is 9.73 Å². The molecule has 0 bridgehead atoms. The van der Waals surface area contributed by atoms with Gasteiger partial charge in [-0.3, -0.25) is 4.79 Å². The third-order valence-electron chi connectivity index (χ3n) is 5.83. The average Bonchev–Trinajstić information content (AvgIpc) is 3.05. The third kappa shape index (κ3) is 2.28. The van der Waals surface area contributed by atoms with E-state index in [0.717, 1.165) is 22.2 Å². The predicted octanol–water partition coefficient (Wildman–Crippen LogP) is 5.61. The van der Waals surface area contributed by atoms with Crippen molar-refractivity contribution in [1.82, 2.24) is 0 Å². The van der Waals surface area contributed by atoms with Crippen molar-refractivity contribution in [2.75, 3.05) is 5.32 Å². The third-order valence-corrected chi connectivity index (χ3v) is 6.09. The van der Waals surface area contributed by atoms with E-state index in [0.29, 0.717) is 33.0 Å². The molecule has 4 aromatic rings. The van der Waals surface area contributed by atoms with Crippen LogP contribution in [0.1, 0.15) is 33.0 Å². The van der Waals surface area contributed by atoms with Crippen LogP contribution in [-0.4, -0.2) is 5.78 Å². The molecule has 0 fully saturated rings. The Kier molecular flexibility index (Phi) is 3.55. The van der Waals surface area contributed by atoms with Gasteiger partial charge in [-0.25, -0.2) is 4.79 Å². The Morgan fingerprint density at radius 2 is 1.53 bits per heavy atom. The predicted molar refractivity (Wildman–Crippen MR) is 117 cm³/mol. The number of hydrogen-bond donors (Lipinski definition) is 1. The van der Waals surface area contributed by atoms with Crippen molar-refractivity contribution in [2.24, 2.45) is 0 Å². The minimum absolute atomic E-state index is 0.0775. The molecule has 1 N–H and O–H groups in total. The van der Waals surface area contributed by atoms with E-state index in [1.807, 2.05) is 54.6 Å². The number of ketones is 1. The average molecular weight is 412 g/mol. The fourth-order valence-electron chi connectivity index (χ4n) is 4.53. The summed E-state index contributed by atoms with van der Waals surface area (Å²) >= 11 is 6.10. The van der Waals surface area contributed by atoms with Crippen LogP contribution in [0.25, 0.3) is 16.7 Å². The molecule has 1 aromatic heterocycles. The standard InChI is InChI=1S/C25H14ClNO3/c26-14-11-9-13(10-12-14)19-20-22(15-5-1-2-6-16(15)24(20)28)27-23-17-7-3-4-8-18(17)30-25(29)21(19)23/h1-12,19,27H. The van der Waals surface area contributed by atoms with E-state index < -0.39 is 11.5 Å². The van der Waals surface area contributed by atoms with Gasteiger partial charge in [0.25, 0.3) is 0 Å². The molecule has 3 aromatic carbocycles. The van der Waals surface area contributed by atoms with Crippen LogP contribution in [0.2, 0.25) is 5.02 Å². The van der Waals surface area contributed by atoms with Crippen LogP contribution in [0.4, 0.5) is 5.69 Å². The number of benzene rings is 3. The molecule has 0 spiro atoms. The number of nitrogens with one attached hydrogen (secondary N) is 1. The van der Waals surface area contributed by atoms with Crippen LogP contribution in [-0.2, 0) is 0 Å². The molecule has 30 heavy (non-hydrogen) atoms. The van der Waals surface area contributed by atoms with Crippen LogP contribution in [0.15, 0.2) is 87.6 Å². The number of carbonyl (C=O) groups is 1. The second-order valence-electron chi connectivity index (χ2n) is 7.45. The Labute approximate surface area is 176 Å². The molecule has 2 aliphatic rings. The zero-order valence-corrected chi connectivity index (χ0v) is 16.4. The number of hydrogen-bond acceptors (Lipinski definition) is 4. The summed E-state index contributed by atoms with van der Waals surface area (Å²) in [5.41, 5.74) is 4.79. The van der Waals surface area contributed by atoms with Gasteiger partial charge in [0.05, 0.1) is 16.9 Å². The zero-order chi connectivity index (χ0) is 20.4. The minimum atomic E-state index is -0.547. The van der Waals surface area contributed by atoms with Crippen molar-refractivity contribution < 1.29 is 9.21 Å². The Morgan fingerprint density at radius 3 is 2.33 bits per heavy atom. The topological polar surface area (TPSA) is 59.3 Å². The van der Waals surface area contributed by atoms with Gasteiger partial charge in [0.1, 0.15) is 5.58 Å². The fraction of sp³-hybridized carbons (Fsp3) is 0.0400. The summed E-state index contributed by atoms with van der Waals surface area (Å²) in [6.07, 6.45) is 0. The van der Waals surface area contributed by atoms with E-state index in [-0.39, 0.29) is 5.78 Å². The molecule has 0 amide bonds. The molecule has 0 saturated carbocycles. The number of carbonyl (C=O) groups excluding carboxylic acids is 1. The summed E-state index contributed by atoms with van der Waals surface area (Å²) < 4.78 is 5.64. The maximum Gasteiger partial charge on any atom is 0.342 e. The number of allylic oxidation sites excluding steroid dienone is 1. The molecule has 5 heteroatoms. The maximum atomic E-state index is 13.4. The van der Waals surface area contributed by atoms with Crippen LogP contribution < -0.4 is 10.9 Å². The van der Waals surface area contributed by atoms with Gasteiger partial charge in [0.2, 0.25) is 0 Å². The Balaban J connectivity index is 1.72. The molecule has 1 atom stereocenters. The molecule has 144 valence electrons. The molecular formula is C25H14ClNO3. The van der Waals surface area contributed by atoms with Crippen LogP contribution in [0, 0.1) is 0 Å². The van der Waals surface area contributed by atoms with Gasteiger partial charge in [0, 0.05) is 33.0 Å². The van der Waals surface area contributed by atoms with Crippen LogP contribution >= 0.6 is 11.6 Å².